The molecule has 5 rings (SSSR count). The van der Waals surface area contributed by atoms with Crippen molar-refractivity contribution in [2.24, 2.45) is 0 Å². The number of hydrogen-bond acceptors (Lipinski definition) is 5. The predicted molar refractivity (Wildman–Crippen MR) is 127 cm³/mol. The Hall–Kier alpha value is -3.00. The van der Waals surface area contributed by atoms with Crippen molar-refractivity contribution in [1.82, 2.24) is 19.9 Å². The Labute approximate surface area is 208 Å². The summed E-state index contributed by atoms with van der Waals surface area (Å²) in [4.78, 5) is 24.0. The summed E-state index contributed by atoms with van der Waals surface area (Å²) in [6.45, 7) is 1.56. The topological polar surface area (TPSA) is 97.1 Å². The van der Waals surface area contributed by atoms with Crippen molar-refractivity contribution in [3.8, 4) is 0 Å². The Morgan fingerprint density at radius 1 is 1.11 bits per heavy atom. The number of halogens is 6. The van der Waals surface area contributed by atoms with Gasteiger partial charge in [0.2, 0.25) is 0 Å². The number of imidazole rings is 1. The number of nitrogen functional groups attached to an aromatic ring is 1. The van der Waals surface area contributed by atoms with E-state index >= 15 is 0 Å². The van der Waals surface area contributed by atoms with Gasteiger partial charge in [-0.3, -0.25) is 4.79 Å². The van der Waals surface area contributed by atoms with E-state index in [1.807, 2.05) is 0 Å². The van der Waals surface area contributed by atoms with Gasteiger partial charge in [0.05, 0.1) is 23.9 Å². The molecule has 14 heteroatoms. The molecule has 1 unspecified atom stereocenters. The average molecular weight is 550 g/mol. The summed E-state index contributed by atoms with van der Waals surface area (Å²) in [7, 11) is -9.92. The van der Waals surface area contributed by atoms with Crippen molar-refractivity contribution in [2.45, 2.75) is 42.4 Å². The van der Waals surface area contributed by atoms with E-state index in [9.17, 15) is 28.6 Å². The summed E-state index contributed by atoms with van der Waals surface area (Å²) in [6.07, 6.45) is 3.65. The smallest absolute Gasteiger partial charge is 0.310 e. The zero-order chi connectivity index (χ0) is 26.7. The number of ether oxygens (including phenoxy) is 1. The summed E-state index contributed by atoms with van der Waals surface area (Å²) < 4.78 is 85.8. The van der Waals surface area contributed by atoms with Crippen LogP contribution in [0.1, 0.15) is 59.3 Å². The van der Waals surface area contributed by atoms with Gasteiger partial charge >= 0.3 is 10.2 Å². The number of nitrogens with zero attached hydrogens (tertiary/aromatic N) is 3. The number of piperidine rings is 1. The number of carbonyl (C=O) groups excluding carboxylic acids is 1. The number of nitrogens with two attached hydrogens (primary N) is 1. The summed E-state index contributed by atoms with van der Waals surface area (Å²) in [5.41, 5.74) is 5.91. The van der Waals surface area contributed by atoms with Crippen molar-refractivity contribution in [2.75, 3.05) is 32.0 Å². The number of benzene rings is 1. The zero-order valence-corrected chi connectivity index (χ0v) is 20.3. The third-order valence-corrected chi connectivity index (χ3v) is 8.11. The zero-order valence-electron chi connectivity index (χ0n) is 19.5. The van der Waals surface area contributed by atoms with E-state index in [1.54, 1.807) is 0 Å². The lowest BCUT2D eigenvalue weighted by molar-refractivity contribution is 0.0713. The Kier molecular flexibility index (Phi) is 5.72. The van der Waals surface area contributed by atoms with Crippen LogP contribution in [0, 0.1) is 5.82 Å². The monoisotopic (exact) mass is 549 g/mol. The Balaban J connectivity index is 1.33. The second-order valence-corrected chi connectivity index (χ2v) is 11.9. The standard InChI is InChI=1S/C23H25F6N5O2S/c24-17-11-31-22-20(32-21(33-22)14-2-1-9-36-12-14)19(17)13-5-7-34(8-6-13)23(35)16-4-3-15(10-18(16)30)37(25,26,27,28)29/h3-4,10-11,13-14H,1-2,5-9,12,30H2,(H,31,32,33). The first-order chi connectivity index (χ1) is 17.2. The van der Waals surface area contributed by atoms with Crippen molar-refractivity contribution in [1.29, 1.82) is 0 Å². The minimum absolute atomic E-state index is 0.0642. The molecule has 0 radical (unpaired) electrons. The average Bonchev–Trinajstić information content (AvgIpc) is 3.27. The maximum atomic E-state index is 14.9. The van der Waals surface area contributed by atoms with Gasteiger partial charge in [-0.05, 0) is 49.8 Å². The molecule has 0 saturated carbocycles. The molecule has 0 spiro atoms. The number of rotatable bonds is 4. The largest absolute Gasteiger partial charge is 0.398 e. The maximum Gasteiger partial charge on any atom is 0.310 e. The molecule has 2 aliphatic heterocycles. The van der Waals surface area contributed by atoms with Gasteiger partial charge in [0.25, 0.3) is 5.91 Å². The molecule has 202 valence electrons. The van der Waals surface area contributed by atoms with Gasteiger partial charge in [0.15, 0.2) is 5.65 Å². The van der Waals surface area contributed by atoms with Crippen LogP contribution in [0.4, 0.5) is 29.5 Å². The van der Waals surface area contributed by atoms with E-state index < -0.39 is 32.5 Å². The van der Waals surface area contributed by atoms with Gasteiger partial charge in [-0.15, -0.1) is 0 Å². The fourth-order valence-corrected chi connectivity index (χ4v) is 5.71. The molecule has 7 nitrogen and oxygen atoms in total. The molecule has 2 saturated heterocycles. The Morgan fingerprint density at radius 3 is 2.46 bits per heavy atom. The van der Waals surface area contributed by atoms with Crippen molar-refractivity contribution in [3.63, 3.8) is 0 Å². The first-order valence-corrected chi connectivity index (χ1v) is 13.7. The molecule has 4 heterocycles. The highest BCUT2D eigenvalue weighted by molar-refractivity contribution is 8.45. The van der Waals surface area contributed by atoms with Gasteiger partial charge in [-0.25, -0.2) is 14.4 Å². The van der Waals surface area contributed by atoms with Crippen molar-refractivity contribution >= 4 is 33.0 Å². The van der Waals surface area contributed by atoms with Crippen LogP contribution >= 0.6 is 10.2 Å². The molecule has 2 aromatic heterocycles. The summed E-state index contributed by atoms with van der Waals surface area (Å²) in [5.74, 6) is -0.686. The Bertz CT molecular complexity index is 1370. The first kappa shape index (κ1) is 25.6. The number of H-pyrrole nitrogens is 1. The van der Waals surface area contributed by atoms with Crippen LogP contribution in [0.15, 0.2) is 29.3 Å². The quantitative estimate of drug-likeness (QED) is 0.296. The van der Waals surface area contributed by atoms with Crippen LogP contribution in [0.2, 0.25) is 0 Å². The van der Waals surface area contributed by atoms with E-state index in [4.69, 9.17) is 10.5 Å². The second-order valence-electron chi connectivity index (χ2n) is 9.54. The summed E-state index contributed by atoms with van der Waals surface area (Å²) in [6, 6.07) is 0.941. The normalized spacial score (nSPS) is 21.6. The minimum Gasteiger partial charge on any atom is -0.398 e. The lowest BCUT2D eigenvalue weighted by Crippen LogP contribution is -2.38. The van der Waals surface area contributed by atoms with Gasteiger partial charge in [-0.2, -0.15) is 0 Å². The number of anilines is 1. The van der Waals surface area contributed by atoms with Gasteiger partial charge in [0.1, 0.15) is 16.5 Å². The fraction of sp³-hybridized carbons (Fsp3) is 0.435. The van der Waals surface area contributed by atoms with E-state index in [1.165, 1.54) is 4.90 Å². The van der Waals surface area contributed by atoms with Crippen LogP contribution < -0.4 is 5.73 Å². The number of carbonyl (C=O) groups is 1. The van der Waals surface area contributed by atoms with Gasteiger partial charge in [-0.1, -0.05) is 19.4 Å². The Morgan fingerprint density at radius 2 is 1.84 bits per heavy atom. The molecule has 3 aromatic rings. The van der Waals surface area contributed by atoms with E-state index in [0.29, 0.717) is 54.7 Å². The molecule has 2 fully saturated rings. The molecular weight excluding hydrogens is 524 g/mol. The number of amides is 1. The summed E-state index contributed by atoms with van der Waals surface area (Å²) >= 11 is 0. The number of nitrogens with one attached hydrogen (secondary N) is 1. The van der Waals surface area contributed by atoms with Crippen LogP contribution in [0.5, 0.6) is 0 Å². The van der Waals surface area contributed by atoms with Crippen molar-refractivity contribution in [3.05, 3.63) is 47.2 Å². The highest BCUT2D eigenvalue weighted by atomic mass is 32.5. The second kappa shape index (κ2) is 8.25. The molecule has 1 amide bonds. The number of aromatic nitrogens is 3. The van der Waals surface area contributed by atoms with Crippen LogP contribution in [0.25, 0.3) is 11.2 Å². The van der Waals surface area contributed by atoms with Crippen LogP contribution in [0.3, 0.4) is 0 Å². The molecular formula is C23H25F6N5O2S. The van der Waals surface area contributed by atoms with E-state index in [2.05, 4.69) is 15.0 Å². The number of pyridine rings is 1. The molecule has 1 aromatic carbocycles. The van der Waals surface area contributed by atoms with Crippen molar-refractivity contribution < 1.29 is 33.4 Å². The third kappa shape index (κ3) is 5.08. The van der Waals surface area contributed by atoms with Crippen LogP contribution in [-0.4, -0.2) is 52.1 Å². The van der Waals surface area contributed by atoms with E-state index in [0.717, 1.165) is 19.0 Å². The number of aromatic amines is 1. The molecule has 0 aliphatic carbocycles. The lowest BCUT2D eigenvalue weighted by Gasteiger charge is -2.40. The molecule has 1 atom stereocenters. The first-order valence-electron chi connectivity index (χ1n) is 11.8. The SMILES string of the molecule is Nc1cc(S(F)(F)(F)(F)F)ccc1C(=O)N1CCC(c2c(F)cnc3nc(C4CCCOC4)[nH]c23)CC1. The number of likely N-dealkylation sites (tertiary alicyclic amines) is 1. The molecule has 2 aliphatic rings. The minimum atomic E-state index is -9.92. The van der Waals surface area contributed by atoms with Crippen LogP contribution in [-0.2, 0) is 4.74 Å². The molecule has 0 bridgehead atoms. The maximum absolute atomic E-state index is 14.9. The molecule has 37 heavy (non-hydrogen) atoms. The summed E-state index contributed by atoms with van der Waals surface area (Å²) in [5, 5.41) is 0. The van der Waals surface area contributed by atoms with E-state index in [-0.39, 0.29) is 42.6 Å². The highest BCUT2D eigenvalue weighted by Crippen LogP contribution is 3.02. The fourth-order valence-electron chi connectivity index (χ4n) is 5.04. The van der Waals surface area contributed by atoms with Gasteiger partial charge < -0.3 is 20.4 Å². The third-order valence-electron chi connectivity index (χ3n) is 6.97. The van der Waals surface area contributed by atoms with Gasteiger partial charge in [0, 0.05) is 36.9 Å². The predicted octanol–water partition coefficient (Wildman–Crippen LogP) is 6.25. The number of fused-ring (bicyclic) bond motifs is 1. The highest BCUT2D eigenvalue weighted by Gasteiger charge is 2.65. The molecule has 3 N–H and O–H groups in total. The number of hydrogen-bond donors (Lipinski definition) is 2. The lowest BCUT2D eigenvalue weighted by atomic mass is 9.88.